The van der Waals surface area contributed by atoms with Crippen molar-refractivity contribution in [3.63, 3.8) is 0 Å². The fourth-order valence-electron chi connectivity index (χ4n) is 4.26. The molecular formula is C21H27N7O4S. The number of nitrogens with zero attached hydrogens (tertiary/aromatic N) is 7. The number of fused-ring (bicyclic) bond motifs is 1. The van der Waals surface area contributed by atoms with E-state index in [1.807, 2.05) is 12.1 Å². The summed E-state index contributed by atoms with van der Waals surface area (Å²) in [6.45, 7) is 5.59. The van der Waals surface area contributed by atoms with Crippen molar-refractivity contribution in [3.8, 4) is 0 Å². The van der Waals surface area contributed by atoms with Crippen LogP contribution >= 0.6 is 0 Å². The van der Waals surface area contributed by atoms with Gasteiger partial charge in [0.05, 0.1) is 10.4 Å². The Balaban J connectivity index is 1.26. The number of aromatic nitrogens is 3. The monoisotopic (exact) mass is 473 g/mol. The van der Waals surface area contributed by atoms with Crippen molar-refractivity contribution in [2.75, 3.05) is 69.2 Å². The topological polar surface area (TPSA) is 108 Å². The van der Waals surface area contributed by atoms with Crippen molar-refractivity contribution in [2.45, 2.75) is 4.90 Å². The Bertz CT molecular complexity index is 1300. The first-order valence-electron chi connectivity index (χ1n) is 10.9. The van der Waals surface area contributed by atoms with Gasteiger partial charge in [0.1, 0.15) is 0 Å². The highest BCUT2D eigenvalue weighted by Gasteiger charge is 2.30. The van der Waals surface area contributed by atoms with Crippen molar-refractivity contribution in [1.29, 1.82) is 0 Å². The average Bonchev–Trinajstić information content (AvgIpc) is 3.12. The molecule has 0 spiro atoms. The Morgan fingerprint density at radius 2 is 1.39 bits per heavy atom. The zero-order chi connectivity index (χ0) is 23.2. The van der Waals surface area contributed by atoms with E-state index in [0.717, 1.165) is 37.8 Å². The minimum Gasteiger partial charge on any atom is -0.408 e. The Hall–Kier alpha value is -2.96. The van der Waals surface area contributed by atoms with E-state index in [1.165, 1.54) is 27.1 Å². The van der Waals surface area contributed by atoms with Crippen LogP contribution in [0.2, 0.25) is 0 Å². The second kappa shape index (κ2) is 8.43. The SMILES string of the molecule is CN1CCN(c2ccc(N3CCN(S(=O)(=O)c4ccc5oc(=O)n(C)c5c4)CC3)nn2)CC1. The highest BCUT2D eigenvalue weighted by Crippen LogP contribution is 2.24. The van der Waals surface area contributed by atoms with Gasteiger partial charge in [0.15, 0.2) is 17.2 Å². The molecule has 4 heterocycles. The molecule has 2 aliphatic heterocycles. The third kappa shape index (κ3) is 4.09. The van der Waals surface area contributed by atoms with E-state index in [-0.39, 0.29) is 4.90 Å². The summed E-state index contributed by atoms with van der Waals surface area (Å²) in [7, 11) is -0.0193. The number of piperazine rings is 2. The van der Waals surface area contributed by atoms with Gasteiger partial charge in [-0.15, -0.1) is 10.2 Å². The molecule has 3 aromatic rings. The lowest BCUT2D eigenvalue weighted by molar-refractivity contribution is 0.312. The van der Waals surface area contributed by atoms with Gasteiger partial charge >= 0.3 is 5.76 Å². The van der Waals surface area contributed by atoms with Gasteiger partial charge in [-0.2, -0.15) is 4.31 Å². The zero-order valence-electron chi connectivity index (χ0n) is 18.7. The number of oxazole rings is 1. The van der Waals surface area contributed by atoms with Gasteiger partial charge in [0.2, 0.25) is 10.0 Å². The summed E-state index contributed by atoms with van der Waals surface area (Å²) < 4.78 is 34.2. The van der Waals surface area contributed by atoms with Gasteiger partial charge in [-0.05, 0) is 37.4 Å². The highest BCUT2D eigenvalue weighted by atomic mass is 32.2. The van der Waals surface area contributed by atoms with Crippen molar-refractivity contribution in [2.24, 2.45) is 7.05 Å². The molecule has 0 bridgehead atoms. The number of benzene rings is 1. The molecular weight excluding hydrogens is 446 g/mol. The Kier molecular flexibility index (Phi) is 5.59. The molecule has 11 nitrogen and oxygen atoms in total. The molecule has 2 saturated heterocycles. The second-order valence-electron chi connectivity index (χ2n) is 8.49. The Morgan fingerprint density at radius 1 is 0.818 bits per heavy atom. The van der Waals surface area contributed by atoms with Gasteiger partial charge in [0.25, 0.3) is 0 Å². The molecule has 0 aliphatic carbocycles. The first-order valence-corrected chi connectivity index (χ1v) is 12.4. The van der Waals surface area contributed by atoms with Gasteiger partial charge in [0, 0.05) is 59.4 Å². The average molecular weight is 474 g/mol. The quantitative estimate of drug-likeness (QED) is 0.524. The van der Waals surface area contributed by atoms with Crippen molar-refractivity contribution in [1.82, 2.24) is 24.0 Å². The molecule has 0 saturated carbocycles. The van der Waals surface area contributed by atoms with Crippen LogP contribution in [0, 0.1) is 0 Å². The van der Waals surface area contributed by atoms with E-state index >= 15 is 0 Å². The van der Waals surface area contributed by atoms with Crippen LogP contribution < -0.4 is 15.6 Å². The minimum absolute atomic E-state index is 0.149. The summed E-state index contributed by atoms with van der Waals surface area (Å²) in [6, 6.07) is 8.44. The Labute approximate surface area is 191 Å². The third-order valence-electron chi connectivity index (χ3n) is 6.43. The summed E-state index contributed by atoms with van der Waals surface area (Å²) in [5.74, 6) is 1.10. The number of aryl methyl sites for hydroxylation is 1. The van der Waals surface area contributed by atoms with Gasteiger partial charge < -0.3 is 19.1 Å². The lowest BCUT2D eigenvalue weighted by Gasteiger charge is -2.35. The zero-order valence-corrected chi connectivity index (χ0v) is 19.5. The highest BCUT2D eigenvalue weighted by molar-refractivity contribution is 7.89. The number of likely N-dealkylation sites (N-methyl/N-ethyl adjacent to an activating group) is 1. The lowest BCUT2D eigenvalue weighted by Crippen LogP contribution is -2.49. The molecule has 12 heteroatoms. The molecule has 0 atom stereocenters. The number of rotatable bonds is 4. The van der Waals surface area contributed by atoms with Gasteiger partial charge in [-0.25, -0.2) is 13.2 Å². The number of anilines is 2. The number of sulfonamides is 1. The van der Waals surface area contributed by atoms with Crippen LogP contribution in [0.15, 0.2) is 44.4 Å². The molecule has 2 aliphatic rings. The standard InChI is InChI=1S/C21H27N7O4S/c1-24-7-9-26(10-8-24)19-5-6-20(23-22-19)27-11-13-28(14-12-27)33(30,31)16-3-4-18-17(15-16)25(2)21(29)32-18/h3-6,15H,7-14H2,1-2H3. The van der Waals surface area contributed by atoms with Gasteiger partial charge in [-0.3, -0.25) is 4.57 Å². The first-order chi connectivity index (χ1) is 15.8. The summed E-state index contributed by atoms with van der Waals surface area (Å²) in [4.78, 5) is 18.4. The van der Waals surface area contributed by atoms with E-state index in [0.29, 0.717) is 37.3 Å². The van der Waals surface area contributed by atoms with Crippen LogP contribution in [0.4, 0.5) is 11.6 Å². The van der Waals surface area contributed by atoms with Crippen LogP contribution in [0.5, 0.6) is 0 Å². The maximum Gasteiger partial charge on any atom is 0.419 e. The minimum atomic E-state index is -3.69. The first kappa shape index (κ1) is 21.9. The lowest BCUT2D eigenvalue weighted by atomic mass is 10.3. The predicted octanol–water partition coefficient (Wildman–Crippen LogP) is 0.184. The Morgan fingerprint density at radius 3 is 1.97 bits per heavy atom. The molecule has 1 aromatic carbocycles. The molecule has 0 unspecified atom stereocenters. The number of hydrogen-bond acceptors (Lipinski definition) is 9. The molecule has 5 rings (SSSR count). The van der Waals surface area contributed by atoms with E-state index in [1.54, 1.807) is 7.05 Å². The summed E-state index contributed by atoms with van der Waals surface area (Å²) >= 11 is 0. The predicted molar refractivity (Wildman–Crippen MR) is 124 cm³/mol. The van der Waals surface area contributed by atoms with E-state index in [4.69, 9.17) is 4.42 Å². The molecule has 2 fully saturated rings. The third-order valence-corrected chi connectivity index (χ3v) is 8.32. The van der Waals surface area contributed by atoms with Crippen molar-refractivity contribution < 1.29 is 12.8 Å². The van der Waals surface area contributed by atoms with Crippen molar-refractivity contribution in [3.05, 3.63) is 40.9 Å². The van der Waals surface area contributed by atoms with Crippen LogP contribution in [-0.4, -0.2) is 91.8 Å². The fraction of sp³-hybridized carbons (Fsp3) is 0.476. The maximum absolute atomic E-state index is 13.2. The largest absolute Gasteiger partial charge is 0.419 e. The van der Waals surface area contributed by atoms with Crippen LogP contribution in [0.1, 0.15) is 0 Å². The number of hydrogen-bond donors (Lipinski definition) is 0. The van der Waals surface area contributed by atoms with Crippen LogP contribution in [0.25, 0.3) is 11.1 Å². The van der Waals surface area contributed by atoms with Crippen molar-refractivity contribution >= 4 is 32.8 Å². The summed E-state index contributed by atoms with van der Waals surface area (Å²) in [5, 5.41) is 8.80. The van der Waals surface area contributed by atoms with E-state index in [2.05, 4.69) is 31.9 Å². The van der Waals surface area contributed by atoms with E-state index < -0.39 is 15.8 Å². The summed E-state index contributed by atoms with van der Waals surface area (Å²) in [6.07, 6.45) is 0. The van der Waals surface area contributed by atoms with Gasteiger partial charge in [-0.1, -0.05) is 0 Å². The molecule has 0 radical (unpaired) electrons. The van der Waals surface area contributed by atoms with Crippen LogP contribution in [0.3, 0.4) is 0 Å². The fourth-order valence-corrected chi connectivity index (χ4v) is 5.71. The smallest absolute Gasteiger partial charge is 0.408 e. The molecule has 2 aromatic heterocycles. The molecule has 33 heavy (non-hydrogen) atoms. The molecule has 176 valence electrons. The molecule has 0 amide bonds. The van der Waals surface area contributed by atoms with E-state index in [9.17, 15) is 13.2 Å². The van der Waals surface area contributed by atoms with Crippen LogP contribution in [-0.2, 0) is 17.1 Å². The summed E-state index contributed by atoms with van der Waals surface area (Å²) in [5.41, 5.74) is 0.820. The molecule has 0 N–H and O–H groups in total. The normalized spacial score (nSPS) is 18.8. The second-order valence-corrected chi connectivity index (χ2v) is 10.4. The maximum atomic E-state index is 13.2.